The van der Waals surface area contributed by atoms with E-state index < -0.39 is 11.0 Å². The molecule has 0 spiro atoms. The van der Waals surface area contributed by atoms with Crippen LogP contribution in [0.4, 0.5) is 5.69 Å². The number of rotatable bonds is 11. The van der Waals surface area contributed by atoms with Gasteiger partial charge in [-0.3, -0.25) is 19.9 Å². The summed E-state index contributed by atoms with van der Waals surface area (Å²) in [7, 11) is 0. The average molecular weight is 434 g/mol. The van der Waals surface area contributed by atoms with Gasteiger partial charge < -0.3 is 14.4 Å². The highest BCUT2D eigenvalue weighted by Crippen LogP contribution is 2.20. The number of aliphatic hydroxyl groups excluding tert-OH is 1. The molecule has 1 saturated heterocycles. The monoisotopic (exact) mass is 433 g/mol. The number of nitrogens with zero attached hydrogens (tertiary/aromatic N) is 5. The van der Waals surface area contributed by atoms with E-state index in [4.69, 9.17) is 9.26 Å². The van der Waals surface area contributed by atoms with Crippen molar-refractivity contribution in [2.75, 3.05) is 52.5 Å². The lowest BCUT2D eigenvalue weighted by Crippen LogP contribution is -2.45. The summed E-state index contributed by atoms with van der Waals surface area (Å²) in [5.41, 5.74) is 0.688. The van der Waals surface area contributed by atoms with Crippen molar-refractivity contribution < 1.29 is 19.3 Å². The molecule has 1 aromatic heterocycles. The van der Waals surface area contributed by atoms with Crippen molar-refractivity contribution in [3.8, 4) is 11.4 Å². The summed E-state index contributed by atoms with van der Waals surface area (Å²) < 4.78 is 10.7. The Kier molecular flexibility index (Phi) is 8.47. The molecule has 1 atom stereocenters. The standard InChI is InChI=1S/C21H31N5O5/c1-16(2)13-25(15-19(27)14-24-9-11-30-12-10-24)8-7-20-22-21(23-31-20)17-3-5-18(6-4-17)26(28)29/h3-6,16,19,27H,7-15H2,1-2H3/t19-/m0/s1. The molecule has 2 heterocycles. The van der Waals surface area contributed by atoms with Crippen molar-refractivity contribution in [1.29, 1.82) is 0 Å². The van der Waals surface area contributed by atoms with Crippen molar-refractivity contribution in [2.24, 2.45) is 5.92 Å². The van der Waals surface area contributed by atoms with Crippen molar-refractivity contribution in [1.82, 2.24) is 19.9 Å². The summed E-state index contributed by atoms with van der Waals surface area (Å²) in [6, 6.07) is 6.07. The SMILES string of the molecule is CC(C)CN(CCc1nc(-c2ccc([N+](=O)[O-])cc2)no1)C[C@@H](O)CN1CCOCC1. The Balaban J connectivity index is 1.54. The van der Waals surface area contributed by atoms with Gasteiger partial charge in [0, 0.05) is 63.4 Å². The van der Waals surface area contributed by atoms with Crippen LogP contribution >= 0.6 is 0 Å². The van der Waals surface area contributed by atoms with Gasteiger partial charge in [0.25, 0.3) is 5.69 Å². The number of ether oxygens (including phenoxy) is 1. The molecule has 1 aliphatic heterocycles. The zero-order valence-electron chi connectivity index (χ0n) is 18.1. The molecule has 1 aromatic carbocycles. The van der Waals surface area contributed by atoms with Gasteiger partial charge in [0.15, 0.2) is 0 Å². The molecule has 170 valence electrons. The molecule has 1 aliphatic rings. The maximum atomic E-state index is 10.8. The zero-order chi connectivity index (χ0) is 22.2. The third-order valence-electron chi connectivity index (χ3n) is 5.11. The topological polar surface area (TPSA) is 118 Å². The van der Waals surface area contributed by atoms with E-state index in [2.05, 4.69) is 33.8 Å². The van der Waals surface area contributed by atoms with E-state index in [1.165, 1.54) is 12.1 Å². The van der Waals surface area contributed by atoms with Crippen LogP contribution in [-0.4, -0.2) is 88.6 Å². The summed E-state index contributed by atoms with van der Waals surface area (Å²) >= 11 is 0. The minimum absolute atomic E-state index is 0.0208. The summed E-state index contributed by atoms with van der Waals surface area (Å²) in [5.74, 6) is 1.38. The molecule has 10 nitrogen and oxygen atoms in total. The number of non-ortho nitro benzene ring substituents is 1. The molecule has 0 amide bonds. The minimum atomic E-state index is -0.442. The Morgan fingerprint density at radius 2 is 1.94 bits per heavy atom. The predicted octanol–water partition coefficient (Wildman–Crippen LogP) is 1.84. The fourth-order valence-corrected chi connectivity index (χ4v) is 3.67. The van der Waals surface area contributed by atoms with E-state index in [9.17, 15) is 15.2 Å². The van der Waals surface area contributed by atoms with Gasteiger partial charge in [0.2, 0.25) is 11.7 Å². The van der Waals surface area contributed by atoms with Crippen molar-refractivity contribution in [3.63, 3.8) is 0 Å². The van der Waals surface area contributed by atoms with Crippen LogP contribution in [0.15, 0.2) is 28.8 Å². The fraction of sp³-hybridized carbons (Fsp3) is 0.619. The first-order chi connectivity index (χ1) is 14.9. The minimum Gasteiger partial charge on any atom is -0.390 e. The summed E-state index contributed by atoms with van der Waals surface area (Å²) in [4.78, 5) is 19.2. The Hall–Kier alpha value is -2.40. The number of nitro groups is 1. The van der Waals surface area contributed by atoms with Gasteiger partial charge >= 0.3 is 0 Å². The van der Waals surface area contributed by atoms with Gasteiger partial charge in [-0.05, 0) is 18.1 Å². The van der Waals surface area contributed by atoms with Crippen LogP contribution < -0.4 is 0 Å². The van der Waals surface area contributed by atoms with E-state index in [1.807, 2.05) is 0 Å². The maximum Gasteiger partial charge on any atom is 0.269 e. The third-order valence-corrected chi connectivity index (χ3v) is 5.11. The normalized spacial score (nSPS) is 16.2. The lowest BCUT2D eigenvalue weighted by Gasteiger charge is -2.31. The highest BCUT2D eigenvalue weighted by molar-refractivity contribution is 5.56. The van der Waals surface area contributed by atoms with Crippen LogP contribution in [-0.2, 0) is 11.2 Å². The summed E-state index contributed by atoms with van der Waals surface area (Å²) in [5, 5.41) is 25.4. The van der Waals surface area contributed by atoms with E-state index >= 15 is 0 Å². The highest BCUT2D eigenvalue weighted by atomic mass is 16.6. The van der Waals surface area contributed by atoms with Crippen LogP contribution in [0, 0.1) is 16.0 Å². The number of nitro benzene ring substituents is 1. The molecular formula is C21H31N5O5. The molecule has 2 aromatic rings. The Morgan fingerprint density at radius 1 is 1.23 bits per heavy atom. The smallest absolute Gasteiger partial charge is 0.269 e. The van der Waals surface area contributed by atoms with Gasteiger partial charge in [-0.2, -0.15) is 4.98 Å². The van der Waals surface area contributed by atoms with Gasteiger partial charge in [-0.15, -0.1) is 0 Å². The van der Waals surface area contributed by atoms with E-state index in [1.54, 1.807) is 12.1 Å². The van der Waals surface area contributed by atoms with E-state index in [-0.39, 0.29) is 5.69 Å². The van der Waals surface area contributed by atoms with Crippen molar-refractivity contribution in [2.45, 2.75) is 26.4 Å². The van der Waals surface area contributed by atoms with Gasteiger partial charge in [0.1, 0.15) is 0 Å². The largest absolute Gasteiger partial charge is 0.390 e. The van der Waals surface area contributed by atoms with Crippen LogP contribution in [0.5, 0.6) is 0 Å². The molecule has 0 aliphatic carbocycles. The van der Waals surface area contributed by atoms with Gasteiger partial charge in [-0.1, -0.05) is 19.0 Å². The van der Waals surface area contributed by atoms with Crippen LogP contribution in [0.25, 0.3) is 11.4 Å². The Morgan fingerprint density at radius 3 is 2.58 bits per heavy atom. The molecule has 31 heavy (non-hydrogen) atoms. The zero-order valence-corrected chi connectivity index (χ0v) is 18.1. The molecule has 1 N–H and O–H groups in total. The summed E-state index contributed by atoms with van der Waals surface area (Å²) in [6.45, 7) is 10.2. The second-order valence-corrected chi connectivity index (χ2v) is 8.29. The molecule has 3 rings (SSSR count). The molecule has 0 unspecified atom stereocenters. The van der Waals surface area contributed by atoms with E-state index in [0.717, 1.165) is 32.8 Å². The first kappa shape index (κ1) is 23.3. The fourth-order valence-electron chi connectivity index (χ4n) is 3.67. The molecule has 0 saturated carbocycles. The first-order valence-electron chi connectivity index (χ1n) is 10.7. The second kappa shape index (κ2) is 11.3. The van der Waals surface area contributed by atoms with Crippen molar-refractivity contribution in [3.05, 3.63) is 40.3 Å². The molecule has 0 radical (unpaired) electrons. The maximum absolute atomic E-state index is 10.8. The van der Waals surface area contributed by atoms with Gasteiger partial charge in [0.05, 0.1) is 24.2 Å². The third kappa shape index (κ3) is 7.35. The average Bonchev–Trinajstić information content (AvgIpc) is 3.21. The number of benzene rings is 1. The van der Waals surface area contributed by atoms with Crippen LogP contribution in [0.2, 0.25) is 0 Å². The van der Waals surface area contributed by atoms with E-state index in [0.29, 0.717) is 49.3 Å². The molecule has 0 bridgehead atoms. The number of aliphatic hydroxyl groups is 1. The van der Waals surface area contributed by atoms with Crippen LogP contribution in [0.3, 0.4) is 0 Å². The number of hydrogen-bond donors (Lipinski definition) is 1. The lowest BCUT2D eigenvalue weighted by molar-refractivity contribution is -0.384. The number of β-amino-alcohol motifs (C(OH)–C–C–N with tert-alkyl or cyclic N) is 1. The number of morpholine rings is 1. The Bertz CT molecular complexity index is 820. The summed E-state index contributed by atoms with van der Waals surface area (Å²) in [6.07, 6.45) is 0.131. The quantitative estimate of drug-likeness (QED) is 0.418. The molecule has 1 fully saturated rings. The lowest BCUT2D eigenvalue weighted by atomic mass is 10.2. The Labute approximate surface area is 181 Å². The second-order valence-electron chi connectivity index (χ2n) is 8.29. The first-order valence-corrected chi connectivity index (χ1v) is 10.7. The molecule has 10 heteroatoms. The molecular weight excluding hydrogens is 402 g/mol. The van der Waals surface area contributed by atoms with Crippen molar-refractivity contribution >= 4 is 5.69 Å². The number of hydrogen-bond acceptors (Lipinski definition) is 9. The van der Waals surface area contributed by atoms with Gasteiger partial charge in [-0.25, -0.2) is 0 Å². The predicted molar refractivity (Wildman–Crippen MR) is 115 cm³/mol. The highest BCUT2D eigenvalue weighted by Gasteiger charge is 2.19. The van der Waals surface area contributed by atoms with Crippen LogP contribution in [0.1, 0.15) is 19.7 Å². The number of aromatic nitrogens is 2.